The van der Waals surface area contributed by atoms with Crippen LogP contribution in [0, 0.1) is 0 Å². The van der Waals surface area contributed by atoms with E-state index in [0.717, 1.165) is 0 Å². The van der Waals surface area contributed by atoms with Crippen molar-refractivity contribution in [2.75, 3.05) is 19.6 Å². The Kier molecular flexibility index (Phi) is 11.1. The van der Waals surface area contributed by atoms with Gasteiger partial charge in [0.25, 0.3) is 0 Å². The van der Waals surface area contributed by atoms with Crippen molar-refractivity contribution in [3.8, 4) is 0 Å². The maximum atomic E-state index is 2.37. The molecule has 0 N–H and O–H groups in total. The maximum Gasteiger partial charge on any atom is 0.115 e. The van der Waals surface area contributed by atoms with E-state index in [4.69, 9.17) is 0 Å². The number of nitrogens with zero attached hydrogens (tertiary/aromatic N) is 1. The molecule has 1 aromatic carbocycles. The predicted molar refractivity (Wildman–Crippen MR) is 108 cm³/mol. The summed E-state index contributed by atoms with van der Waals surface area (Å²) in [6.07, 6.45) is 12.6. The van der Waals surface area contributed by atoms with Gasteiger partial charge in [0.15, 0.2) is 0 Å². The van der Waals surface area contributed by atoms with Gasteiger partial charge in [-0.1, -0.05) is 82.2 Å². The molecule has 0 saturated heterocycles. The lowest BCUT2D eigenvalue weighted by atomic mass is 9.95. The first-order valence-electron chi connectivity index (χ1n) is 10.6. The third-order valence-corrected chi connectivity index (χ3v) is 6.07. The van der Waals surface area contributed by atoms with Gasteiger partial charge >= 0.3 is 0 Å². The molecule has 0 amide bonds. The summed E-state index contributed by atoms with van der Waals surface area (Å²) in [6, 6.07) is 11.9. The summed E-state index contributed by atoms with van der Waals surface area (Å²) in [5.74, 6) is 0. The summed E-state index contributed by atoms with van der Waals surface area (Å²) in [5, 5.41) is 0. The lowest BCUT2D eigenvalue weighted by molar-refractivity contribution is -0.953. The molecular formula is C23H42N+. The van der Waals surface area contributed by atoms with E-state index < -0.39 is 0 Å². The zero-order valence-electron chi connectivity index (χ0n) is 16.9. The number of hydrogen-bond donors (Lipinski definition) is 0. The minimum absolute atomic E-state index is 0.672. The van der Waals surface area contributed by atoms with E-state index >= 15 is 0 Å². The molecule has 0 aliphatic rings. The highest BCUT2D eigenvalue weighted by Gasteiger charge is 2.32. The molecule has 1 nitrogen and oxygen atoms in total. The van der Waals surface area contributed by atoms with Crippen molar-refractivity contribution < 1.29 is 4.48 Å². The third-order valence-electron chi connectivity index (χ3n) is 6.07. The number of quaternary nitrogens is 1. The number of rotatable bonds is 14. The fourth-order valence-corrected chi connectivity index (χ4v) is 4.24. The monoisotopic (exact) mass is 332 g/mol. The molecule has 0 aliphatic heterocycles. The van der Waals surface area contributed by atoms with E-state index in [1.807, 2.05) is 0 Å². The lowest BCUT2D eigenvalue weighted by Gasteiger charge is -2.43. The van der Waals surface area contributed by atoms with Gasteiger partial charge in [0.05, 0.1) is 19.6 Å². The van der Waals surface area contributed by atoms with Crippen LogP contribution in [0.15, 0.2) is 30.3 Å². The van der Waals surface area contributed by atoms with E-state index in [9.17, 15) is 0 Å². The molecule has 1 unspecified atom stereocenters. The first kappa shape index (κ1) is 21.2. The van der Waals surface area contributed by atoms with Gasteiger partial charge in [-0.05, 0) is 27.2 Å². The Morgan fingerprint density at radius 3 is 1.67 bits per heavy atom. The van der Waals surface area contributed by atoms with Crippen molar-refractivity contribution >= 4 is 0 Å². The molecule has 1 rings (SSSR count). The van der Waals surface area contributed by atoms with Gasteiger partial charge in [-0.15, -0.1) is 0 Å². The largest absolute Gasteiger partial charge is 0.318 e. The van der Waals surface area contributed by atoms with Gasteiger partial charge in [0.2, 0.25) is 0 Å². The Bertz CT molecular complexity index is 385. The average Bonchev–Trinajstić information content (AvgIpc) is 2.64. The molecule has 1 aromatic rings. The van der Waals surface area contributed by atoms with Crippen molar-refractivity contribution in [3.63, 3.8) is 0 Å². The Hall–Kier alpha value is -0.820. The fraction of sp³-hybridized carbons (Fsp3) is 0.739. The van der Waals surface area contributed by atoms with Crippen molar-refractivity contribution in [1.29, 1.82) is 0 Å². The van der Waals surface area contributed by atoms with Crippen LogP contribution < -0.4 is 0 Å². The van der Waals surface area contributed by atoms with Crippen molar-refractivity contribution in [2.24, 2.45) is 0 Å². The van der Waals surface area contributed by atoms with Crippen molar-refractivity contribution in [3.05, 3.63) is 35.9 Å². The third kappa shape index (κ3) is 6.59. The van der Waals surface area contributed by atoms with Crippen LogP contribution in [-0.2, 0) is 0 Å². The highest BCUT2D eigenvalue weighted by atomic mass is 15.4. The standard InChI is InChI=1S/C23H42N/c1-5-9-10-11-12-13-14-18-21-23(22-19-16-15-17-20-22)24(6-2,7-3)8-4/h15-17,19-20,23H,5-14,18,21H2,1-4H3/q+1. The molecule has 1 atom stereocenters. The molecule has 1 heteroatoms. The second kappa shape index (κ2) is 12.5. The number of benzene rings is 1. The van der Waals surface area contributed by atoms with Crippen LogP contribution in [0.4, 0.5) is 0 Å². The molecule has 138 valence electrons. The summed E-state index contributed by atoms with van der Waals surface area (Å²) in [6.45, 7) is 13.1. The SMILES string of the molecule is CCCCCCCCCCC(c1ccccc1)[N+](CC)(CC)CC. The van der Waals surface area contributed by atoms with E-state index in [1.54, 1.807) is 5.56 Å². The van der Waals surface area contributed by atoms with E-state index in [1.165, 1.54) is 81.9 Å². The van der Waals surface area contributed by atoms with Gasteiger partial charge in [-0.25, -0.2) is 0 Å². The zero-order valence-corrected chi connectivity index (χ0v) is 16.9. The molecule has 0 bridgehead atoms. The Labute approximate surface area is 152 Å². The van der Waals surface area contributed by atoms with Gasteiger partial charge in [-0.2, -0.15) is 0 Å². The predicted octanol–water partition coefficient (Wildman–Crippen LogP) is 7.14. The van der Waals surface area contributed by atoms with Crippen LogP contribution >= 0.6 is 0 Å². The molecule has 24 heavy (non-hydrogen) atoms. The van der Waals surface area contributed by atoms with Crippen LogP contribution in [0.1, 0.15) is 97.1 Å². The molecule has 0 aromatic heterocycles. The second-order valence-electron chi connectivity index (χ2n) is 7.36. The highest BCUT2D eigenvalue weighted by Crippen LogP contribution is 2.33. The first-order chi connectivity index (χ1) is 11.7. The molecule has 0 spiro atoms. The van der Waals surface area contributed by atoms with Gasteiger partial charge in [-0.3, -0.25) is 0 Å². The Morgan fingerprint density at radius 1 is 0.667 bits per heavy atom. The van der Waals surface area contributed by atoms with Crippen molar-refractivity contribution in [2.45, 2.75) is 91.5 Å². The summed E-state index contributed by atoms with van der Waals surface area (Å²) in [7, 11) is 0. The average molecular weight is 333 g/mol. The van der Waals surface area contributed by atoms with Crippen LogP contribution in [0.5, 0.6) is 0 Å². The molecular weight excluding hydrogens is 290 g/mol. The first-order valence-corrected chi connectivity index (χ1v) is 10.6. The second-order valence-corrected chi connectivity index (χ2v) is 7.36. The van der Waals surface area contributed by atoms with Crippen LogP contribution in [0.2, 0.25) is 0 Å². The maximum absolute atomic E-state index is 2.37. The zero-order chi connectivity index (χ0) is 17.7. The van der Waals surface area contributed by atoms with E-state index in [-0.39, 0.29) is 0 Å². The molecule has 0 radical (unpaired) electrons. The minimum Gasteiger partial charge on any atom is -0.318 e. The van der Waals surface area contributed by atoms with Crippen LogP contribution in [0.25, 0.3) is 0 Å². The van der Waals surface area contributed by atoms with Gasteiger partial charge < -0.3 is 4.48 Å². The number of hydrogen-bond acceptors (Lipinski definition) is 0. The van der Waals surface area contributed by atoms with Crippen LogP contribution in [0.3, 0.4) is 0 Å². The smallest absolute Gasteiger partial charge is 0.115 e. The number of unbranched alkanes of at least 4 members (excludes halogenated alkanes) is 7. The van der Waals surface area contributed by atoms with Crippen LogP contribution in [-0.4, -0.2) is 24.1 Å². The topological polar surface area (TPSA) is 0 Å². The molecule has 0 saturated carbocycles. The summed E-state index contributed by atoms with van der Waals surface area (Å²) in [5.41, 5.74) is 1.55. The fourth-order valence-electron chi connectivity index (χ4n) is 4.24. The van der Waals surface area contributed by atoms with Crippen molar-refractivity contribution in [1.82, 2.24) is 0 Å². The van der Waals surface area contributed by atoms with Gasteiger partial charge in [0.1, 0.15) is 6.04 Å². The van der Waals surface area contributed by atoms with Gasteiger partial charge in [0, 0.05) is 12.0 Å². The quantitative estimate of drug-likeness (QED) is 0.251. The minimum atomic E-state index is 0.672. The Balaban J connectivity index is 2.55. The van der Waals surface area contributed by atoms with E-state index in [2.05, 4.69) is 58.0 Å². The highest BCUT2D eigenvalue weighted by molar-refractivity contribution is 5.17. The summed E-state index contributed by atoms with van der Waals surface area (Å²) < 4.78 is 1.24. The molecule has 0 aliphatic carbocycles. The Morgan fingerprint density at radius 2 is 1.17 bits per heavy atom. The summed E-state index contributed by atoms with van der Waals surface area (Å²) in [4.78, 5) is 0. The normalized spacial score (nSPS) is 13.2. The molecule has 0 fully saturated rings. The summed E-state index contributed by atoms with van der Waals surface area (Å²) >= 11 is 0. The molecule has 0 heterocycles. The lowest BCUT2D eigenvalue weighted by Crippen LogP contribution is -2.50. The van der Waals surface area contributed by atoms with E-state index in [0.29, 0.717) is 6.04 Å².